The van der Waals surface area contributed by atoms with Crippen LogP contribution in [0.4, 0.5) is 17.5 Å². The van der Waals surface area contributed by atoms with Crippen molar-refractivity contribution < 1.29 is 4.74 Å². The molecule has 0 spiro atoms. The zero-order valence-electron chi connectivity index (χ0n) is 46.0. The van der Waals surface area contributed by atoms with Gasteiger partial charge in [-0.3, -0.25) is 15.0 Å². The van der Waals surface area contributed by atoms with Gasteiger partial charge in [-0.2, -0.15) is 0 Å². The van der Waals surface area contributed by atoms with Crippen LogP contribution in [0.25, 0.3) is 11.3 Å². The Balaban J connectivity index is 0.000000262. The van der Waals surface area contributed by atoms with Gasteiger partial charge in [0.05, 0.1) is 58.4 Å². The smallest absolute Gasteiger partial charge is 0.150 e. The third-order valence-electron chi connectivity index (χ3n) is 13.1. The van der Waals surface area contributed by atoms with Crippen LogP contribution in [0.1, 0.15) is 199 Å². The van der Waals surface area contributed by atoms with Gasteiger partial charge in [0.25, 0.3) is 0 Å². The first kappa shape index (κ1) is 59.3. The molecule has 0 aliphatic heterocycles. The molecule has 0 saturated heterocycles. The Morgan fingerprint density at radius 3 is 1.21 bits per heavy atom. The van der Waals surface area contributed by atoms with Crippen molar-refractivity contribution in [2.75, 3.05) is 23.1 Å². The number of aryl methyl sites for hydroxylation is 10. The summed E-state index contributed by atoms with van der Waals surface area (Å²) in [4.78, 5) is 36.6. The molecule has 0 saturated carbocycles. The van der Waals surface area contributed by atoms with E-state index in [0.29, 0.717) is 23.3 Å². The Hall–Kier alpha value is -4.97. The number of aromatic nitrogens is 8. The summed E-state index contributed by atoms with van der Waals surface area (Å²) in [6, 6.07) is 5.95. The lowest BCUT2D eigenvalue weighted by Crippen LogP contribution is -2.20. The molecule has 386 valence electrons. The van der Waals surface area contributed by atoms with Gasteiger partial charge in [0.2, 0.25) is 0 Å². The monoisotopic (exact) mass is 980 g/mol. The minimum atomic E-state index is 0.440. The number of benzene rings is 1. The van der Waals surface area contributed by atoms with E-state index in [0.717, 1.165) is 183 Å². The van der Waals surface area contributed by atoms with Crippen molar-refractivity contribution in [2.45, 2.75) is 224 Å². The Labute approximate surface area is 428 Å². The van der Waals surface area contributed by atoms with E-state index in [1.165, 1.54) is 17.5 Å². The fourth-order valence-corrected chi connectivity index (χ4v) is 8.46. The van der Waals surface area contributed by atoms with Crippen molar-refractivity contribution >= 4 is 29.1 Å². The van der Waals surface area contributed by atoms with Crippen molar-refractivity contribution in [1.82, 2.24) is 39.9 Å². The van der Waals surface area contributed by atoms with Crippen LogP contribution >= 0.6 is 11.6 Å². The predicted octanol–water partition coefficient (Wildman–Crippen LogP) is 14.0. The van der Waals surface area contributed by atoms with E-state index < -0.39 is 0 Å². The van der Waals surface area contributed by atoms with Gasteiger partial charge in [0, 0.05) is 42.3 Å². The van der Waals surface area contributed by atoms with E-state index in [1.54, 1.807) is 13.3 Å². The van der Waals surface area contributed by atoms with Crippen molar-refractivity contribution in [3.63, 3.8) is 0 Å². The molecule has 0 bridgehead atoms. The van der Waals surface area contributed by atoms with Crippen LogP contribution in [0.2, 0.25) is 5.15 Å². The molecule has 1 aliphatic rings. The standard InChI is InChI=1S/C23H33N3O.2C13H23N3.C8H11ClN2/c1-6-17(7-2)24-23-20(9-4)25-22(19(8-3)26-23)18-13-15-11-10-12-16(15)14-21(18)27-5;2*1-5-10(6-2)15-13-12(8-4)14-9-11(7-3)16-13;1-3-6-5-10-7(4-2)8(9)11-6/h13-14,17H,6-12H2,1-5H3,(H,24,26);2*9-10H,5-8H2,1-4H3,(H,15,16);5H,3-4H2,1-2H3. The third-order valence-corrected chi connectivity index (χ3v) is 13.4. The largest absolute Gasteiger partial charge is 0.496 e. The van der Waals surface area contributed by atoms with E-state index in [9.17, 15) is 0 Å². The summed E-state index contributed by atoms with van der Waals surface area (Å²) in [5.41, 5.74) is 13.1. The van der Waals surface area contributed by atoms with Crippen LogP contribution < -0.4 is 20.7 Å². The quantitative estimate of drug-likeness (QED) is 0.0606. The molecule has 6 rings (SSSR count). The van der Waals surface area contributed by atoms with E-state index in [4.69, 9.17) is 26.3 Å². The number of anilines is 3. The molecule has 13 heteroatoms. The lowest BCUT2D eigenvalue weighted by atomic mass is 10.0. The molecule has 12 nitrogen and oxygen atoms in total. The SMILES string of the molecule is CCc1cnc(CC)c(Cl)n1.CCc1cnc(CC)c(NC(CC)CC)n1.CCc1cnc(CC)c(NC(CC)CC)n1.CCc1nc(-c2cc3c(cc2OC)CCC3)c(CC)nc1NC(CC)CC. The van der Waals surface area contributed by atoms with Gasteiger partial charge in [-0.1, -0.05) is 109 Å². The zero-order valence-corrected chi connectivity index (χ0v) is 46.8. The van der Waals surface area contributed by atoms with E-state index in [2.05, 4.69) is 141 Å². The second-order valence-electron chi connectivity index (χ2n) is 17.7. The number of fused-ring (bicyclic) bond motifs is 1. The highest BCUT2D eigenvalue weighted by atomic mass is 35.5. The highest BCUT2D eigenvalue weighted by Gasteiger charge is 2.22. The lowest BCUT2D eigenvalue weighted by Gasteiger charge is -2.20. The molecule has 0 fully saturated rings. The van der Waals surface area contributed by atoms with Gasteiger partial charge in [0.1, 0.15) is 23.2 Å². The number of methoxy groups -OCH3 is 1. The maximum atomic E-state index is 5.83. The van der Waals surface area contributed by atoms with E-state index in [1.807, 2.05) is 26.2 Å². The van der Waals surface area contributed by atoms with Gasteiger partial charge >= 0.3 is 0 Å². The summed E-state index contributed by atoms with van der Waals surface area (Å²) in [5, 5.41) is 11.2. The third kappa shape index (κ3) is 17.4. The van der Waals surface area contributed by atoms with Gasteiger partial charge in [0.15, 0.2) is 5.15 Å². The van der Waals surface area contributed by atoms with Crippen LogP contribution in [0, 0.1) is 0 Å². The Morgan fingerprint density at radius 1 is 0.457 bits per heavy atom. The summed E-state index contributed by atoms with van der Waals surface area (Å²) in [7, 11) is 1.75. The Bertz CT molecular complexity index is 2230. The minimum Gasteiger partial charge on any atom is -0.496 e. The topological polar surface area (TPSA) is 148 Å². The number of ether oxygens (including phenoxy) is 1. The van der Waals surface area contributed by atoms with Gasteiger partial charge in [-0.05, 0) is 132 Å². The molecule has 0 radical (unpaired) electrons. The Morgan fingerprint density at radius 2 is 0.843 bits per heavy atom. The summed E-state index contributed by atoms with van der Waals surface area (Å²) in [6.07, 6.45) is 22.9. The van der Waals surface area contributed by atoms with Gasteiger partial charge in [-0.25, -0.2) is 24.9 Å². The summed E-state index contributed by atoms with van der Waals surface area (Å²) in [6.45, 7) is 30.0. The fourth-order valence-electron chi connectivity index (χ4n) is 8.17. The van der Waals surface area contributed by atoms with Crippen LogP contribution in [0.15, 0.2) is 30.7 Å². The number of nitrogens with zero attached hydrogens (tertiary/aromatic N) is 8. The molecule has 1 aliphatic carbocycles. The van der Waals surface area contributed by atoms with Crippen molar-refractivity contribution in [3.05, 3.63) is 92.6 Å². The van der Waals surface area contributed by atoms with Crippen LogP contribution in [-0.2, 0) is 64.2 Å². The normalized spacial score (nSPS) is 11.6. The van der Waals surface area contributed by atoms with Gasteiger partial charge in [-0.15, -0.1) is 0 Å². The second-order valence-corrected chi connectivity index (χ2v) is 18.1. The van der Waals surface area contributed by atoms with Crippen LogP contribution in [-0.4, -0.2) is 65.1 Å². The van der Waals surface area contributed by atoms with E-state index >= 15 is 0 Å². The van der Waals surface area contributed by atoms with E-state index in [-0.39, 0.29) is 0 Å². The van der Waals surface area contributed by atoms with Gasteiger partial charge < -0.3 is 20.7 Å². The maximum Gasteiger partial charge on any atom is 0.150 e. The van der Waals surface area contributed by atoms with Crippen molar-refractivity contribution in [2.24, 2.45) is 0 Å². The molecule has 5 aromatic rings. The second kappa shape index (κ2) is 32.1. The average molecular weight is 981 g/mol. The summed E-state index contributed by atoms with van der Waals surface area (Å²) >= 11 is 5.83. The molecule has 1 aromatic carbocycles. The molecule has 0 unspecified atom stereocenters. The highest BCUT2D eigenvalue weighted by molar-refractivity contribution is 6.30. The minimum absolute atomic E-state index is 0.440. The molecule has 4 aromatic heterocycles. The van der Waals surface area contributed by atoms with Crippen LogP contribution in [0.3, 0.4) is 0 Å². The number of nitrogens with one attached hydrogen (secondary N) is 3. The summed E-state index contributed by atoms with van der Waals surface area (Å²) < 4.78 is 5.74. The predicted molar refractivity (Wildman–Crippen MR) is 296 cm³/mol. The summed E-state index contributed by atoms with van der Waals surface area (Å²) in [5.74, 6) is 3.83. The Kier molecular flexibility index (Phi) is 27.2. The first-order valence-electron chi connectivity index (χ1n) is 27.0. The number of rotatable bonds is 22. The number of halogens is 1. The lowest BCUT2D eigenvalue weighted by molar-refractivity contribution is 0.415. The van der Waals surface area contributed by atoms with Crippen LogP contribution in [0.5, 0.6) is 5.75 Å². The maximum absolute atomic E-state index is 5.83. The molecule has 0 atom stereocenters. The first-order chi connectivity index (χ1) is 33.9. The molecular weight excluding hydrogens is 890 g/mol. The molecule has 0 amide bonds. The molecular formula is C57H90ClN11O. The fraction of sp³-hybridized carbons (Fsp3) is 0.614. The molecule has 3 N–H and O–H groups in total. The highest BCUT2D eigenvalue weighted by Crippen LogP contribution is 2.37. The molecule has 70 heavy (non-hydrogen) atoms. The van der Waals surface area contributed by atoms with Crippen molar-refractivity contribution in [1.29, 1.82) is 0 Å². The van der Waals surface area contributed by atoms with Crippen molar-refractivity contribution in [3.8, 4) is 17.0 Å². The zero-order chi connectivity index (χ0) is 51.6. The molecule has 4 heterocycles. The average Bonchev–Trinajstić information content (AvgIpc) is 3.88. The number of hydrogen-bond acceptors (Lipinski definition) is 12. The first-order valence-corrected chi connectivity index (χ1v) is 27.4. The number of hydrogen-bond donors (Lipinski definition) is 3.